The van der Waals surface area contributed by atoms with Crippen molar-refractivity contribution in [2.45, 2.75) is 11.9 Å². The fourth-order valence-corrected chi connectivity index (χ4v) is 2.68. The Morgan fingerprint density at radius 2 is 1.58 bits per heavy atom. The molecular weight excluding hydrogens is 370 g/mol. The van der Waals surface area contributed by atoms with Crippen LogP contribution in [0.1, 0.15) is 11.1 Å². The van der Waals surface area contributed by atoms with Crippen LogP contribution in [0, 0.1) is 0 Å². The molecule has 2 aromatic rings. The van der Waals surface area contributed by atoms with Crippen LogP contribution in [-0.2, 0) is 11.9 Å². The van der Waals surface area contributed by atoms with Crippen molar-refractivity contribution in [2.24, 2.45) is 0 Å². The fourth-order valence-electron chi connectivity index (χ4n) is 1.59. The van der Waals surface area contributed by atoms with E-state index < -0.39 is 0 Å². The number of hydrogen-bond acceptors (Lipinski definition) is 1. The van der Waals surface area contributed by atoms with Gasteiger partial charge in [0.2, 0.25) is 0 Å². The molecule has 1 nitrogen and oxygen atoms in total. The summed E-state index contributed by atoms with van der Waals surface area (Å²) in [6, 6.07) is 10.9. The van der Waals surface area contributed by atoms with Crippen molar-refractivity contribution in [1.82, 2.24) is 0 Å². The van der Waals surface area contributed by atoms with Gasteiger partial charge in [-0.1, -0.05) is 56.8 Å². The van der Waals surface area contributed by atoms with Gasteiger partial charge in [-0.2, -0.15) is 0 Å². The standard InChI is InChI=1S/C14H10BrCl3O/c15-7-10-5-11(16)3-4-14(10)19-8-9-1-2-12(17)6-13(9)18/h1-6H,7-8H2. The van der Waals surface area contributed by atoms with Crippen molar-refractivity contribution < 1.29 is 4.74 Å². The van der Waals surface area contributed by atoms with Crippen LogP contribution in [0.2, 0.25) is 15.1 Å². The molecule has 2 aromatic carbocycles. The van der Waals surface area contributed by atoms with E-state index in [1.807, 2.05) is 18.2 Å². The van der Waals surface area contributed by atoms with Gasteiger partial charge >= 0.3 is 0 Å². The maximum atomic E-state index is 6.10. The minimum absolute atomic E-state index is 0.387. The molecular formula is C14H10BrCl3O. The van der Waals surface area contributed by atoms with E-state index in [1.54, 1.807) is 18.2 Å². The highest BCUT2D eigenvalue weighted by atomic mass is 79.9. The van der Waals surface area contributed by atoms with Gasteiger partial charge in [0.25, 0.3) is 0 Å². The fraction of sp³-hybridized carbons (Fsp3) is 0.143. The molecule has 0 fully saturated rings. The Hall–Kier alpha value is -0.410. The third-order valence-corrected chi connectivity index (χ3v) is 3.99. The molecule has 19 heavy (non-hydrogen) atoms. The molecule has 0 aliphatic heterocycles. The second kappa shape index (κ2) is 6.85. The molecule has 0 amide bonds. The number of alkyl halides is 1. The first-order chi connectivity index (χ1) is 9.10. The number of rotatable bonds is 4. The summed E-state index contributed by atoms with van der Waals surface area (Å²) in [6.45, 7) is 0.387. The van der Waals surface area contributed by atoms with Crippen LogP contribution in [0.25, 0.3) is 0 Å². The second-order valence-electron chi connectivity index (χ2n) is 3.91. The first kappa shape index (κ1) is 15.0. The number of benzene rings is 2. The number of ether oxygens (including phenoxy) is 1. The van der Waals surface area contributed by atoms with E-state index in [0.29, 0.717) is 27.0 Å². The highest BCUT2D eigenvalue weighted by molar-refractivity contribution is 9.08. The smallest absolute Gasteiger partial charge is 0.123 e. The molecule has 0 radical (unpaired) electrons. The summed E-state index contributed by atoms with van der Waals surface area (Å²) in [5, 5.41) is 2.58. The van der Waals surface area contributed by atoms with Gasteiger partial charge < -0.3 is 4.74 Å². The highest BCUT2D eigenvalue weighted by Gasteiger charge is 2.06. The first-order valence-electron chi connectivity index (χ1n) is 5.51. The Morgan fingerprint density at radius 3 is 2.26 bits per heavy atom. The average Bonchev–Trinajstić information content (AvgIpc) is 2.39. The summed E-state index contributed by atoms with van der Waals surface area (Å²) in [6.07, 6.45) is 0. The predicted octanol–water partition coefficient (Wildman–Crippen LogP) is 6.12. The topological polar surface area (TPSA) is 9.23 Å². The van der Waals surface area contributed by atoms with E-state index in [4.69, 9.17) is 39.5 Å². The van der Waals surface area contributed by atoms with Gasteiger partial charge in [0.05, 0.1) is 0 Å². The maximum absolute atomic E-state index is 6.10. The lowest BCUT2D eigenvalue weighted by Crippen LogP contribution is -1.98. The van der Waals surface area contributed by atoms with Crippen LogP contribution in [0.3, 0.4) is 0 Å². The summed E-state index contributed by atoms with van der Waals surface area (Å²) >= 11 is 21.3. The van der Waals surface area contributed by atoms with Crippen molar-refractivity contribution in [2.75, 3.05) is 0 Å². The predicted molar refractivity (Wildman–Crippen MR) is 84.9 cm³/mol. The molecule has 2 rings (SSSR count). The van der Waals surface area contributed by atoms with Gasteiger partial charge in [-0.3, -0.25) is 0 Å². The van der Waals surface area contributed by atoms with Gasteiger partial charge in [-0.05, 0) is 30.3 Å². The van der Waals surface area contributed by atoms with Gasteiger partial charge in [0, 0.05) is 31.5 Å². The zero-order chi connectivity index (χ0) is 13.8. The van der Waals surface area contributed by atoms with Crippen LogP contribution in [-0.4, -0.2) is 0 Å². The Balaban J connectivity index is 2.14. The molecule has 5 heteroatoms. The third kappa shape index (κ3) is 4.03. The van der Waals surface area contributed by atoms with Crippen LogP contribution >= 0.6 is 50.7 Å². The SMILES string of the molecule is Clc1ccc(COc2ccc(Cl)cc2CBr)c(Cl)c1. The summed E-state index contributed by atoms with van der Waals surface area (Å²) in [7, 11) is 0. The van der Waals surface area contributed by atoms with Crippen molar-refractivity contribution in [1.29, 1.82) is 0 Å². The zero-order valence-corrected chi connectivity index (χ0v) is 13.7. The minimum Gasteiger partial charge on any atom is -0.489 e. The van der Waals surface area contributed by atoms with Crippen LogP contribution in [0.4, 0.5) is 0 Å². The van der Waals surface area contributed by atoms with Crippen LogP contribution < -0.4 is 4.74 Å². The van der Waals surface area contributed by atoms with E-state index in [9.17, 15) is 0 Å². The Morgan fingerprint density at radius 1 is 0.895 bits per heavy atom. The molecule has 0 aromatic heterocycles. The first-order valence-corrected chi connectivity index (χ1v) is 7.77. The van der Waals surface area contributed by atoms with Gasteiger partial charge in [0.1, 0.15) is 12.4 Å². The number of halogens is 4. The Kier molecular flexibility index (Phi) is 5.40. The maximum Gasteiger partial charge on any atom is 0.123 e. The molecule has 0 unspecified atom stereocenters. The van der Waals surface area contributed by atoms with Crippen molar-refractivity contribution >= 4 is 50.7 Å². The van der Waals surface area contributed by atoms with E-state index in [-0.39, 0.29) is 0 Å². The van der Waals surface area contributed by atoms with Gasteiger partial charge in [-0.15, -0.1) is 0 Å². The Labute approximate surface area is 135 Å². The van der Waals surface area contributed by atoms with E-state index in [1.165, 1.54) is 0 Å². The third-order valence-electron chi connectivity index (χ3n) is 2.56. The molecule has 0 atom stereocenters. The molecule has 100 valence electrons. The van der Waals surface area contributed by atoms with Gasteiger partial charge in [-0.25, -0.2) is 0 Å². The quantitative estimate of drug-likeness (QED) is 0.581. The average molecular weight is 380 g/mol. The molecule has 0 spiro atoms. The molecule has 0 aliphatic rings. The largest absolute Gasteiger partial charge is 0.489 e. The van der Waals surface area contributed by atoms with E-state index >= 15 is 0 Å². The molecule has 0 aliphatic carbocycles. The highest BCUT2D eigenvalue weighted by Crippen LogP contribution is 2.27. The van der Waals surface area contributed by atoms with Crippen molar-refractivity contribution in [3.8, 4) is 5.75 Å². The van der Waals surface area contributed by atoms with Gasteiger partial charge in [0.15, 0.2) is 0 Å². The summed E-state index contributed by atoms with van der Waals surface area (Å²) < 4.78 is 5.77. The van der Waals surface area contributed by atoms with Crippen LogP contribution in [0.5, 0.6) is 5.75 Å². The number of hydrogen-bond donors (Lipinski definition) is 0. The zero-order valence-electron chi connectivity index (χ0n) is 9.80. The molecule has 0 bridgehead atoms. The Bertz CT molecular complexity index is 587. The summed E-state index contributed by atoms with van der Waals surface area (Å²) in [4.78, 5) is 0. The van der Waals surface area contributed by atoms with Crippen LogP contribution in [0.15, 0.2) is 36.4 Å². The summed E-state index contributed by atoms with van der Waals surface area (Å²) in [5.41, 5.74) is 1.89. The van der Waals surface area contributed by atoms with E-state index in [0.717, 1.165) is 16.9 Å². The normalized spacial score (nSPS) is 10.5. The van der Waals surface area contributed by atoms with Crippen molar-refractivity contribution in [3.05, 3.63) is 62.6 Å². The lowest BCUT2D eigenvalue weighted by Gasteiger charge is -2.11. The minimum atomic E-state index is 0.387. The lowest BCUT2D eigenvalue weighted by molar-refractivity contribution is 0.304. The monoisotopic (exact) mass is 378 g/mol. The molecule has 0 saturated heterocycles. The second-order valence-corrected chi connectivity index (χ2v) is 5.75. The lowest BCUT2D eigenvalue weighted by atomic mass is 10.2. The molecule has 0 heterocycles. The van der Waals surface area contributed by atoms with E-state index in [2.05, 4.69) is 15.9 Å². The molecule has 0 N–H and O–H groups in total. The van der Waals surface area contributed by atoms with Crippen molar-refractivity contribution in [3.63, 3.8) is 0 Å². The molecule has 0 saturated carbocycles. The summed E-state index contributed by atoms with van der Waals surface area (Å²) in [5.74, 6) is 0.785.